The van der Waals surface area contributed by atoms with Crippen LogP contribution in [0.15, 0.2) is 30.3 Å². The summed E-state index contributed by atoms with van der Waals surface area (Å²) >= 11 is 0. The van der Waals surface area contributed by atoms with Crippen LogP contribution >= 0.6 is 0 Å². The molecule has 3 rings (SSSR count). The highest BCUT2D eigenvalue weighted by Gasteiger charge is 2.34. The molecule has 1 unspecified atom stereocenters. The Balaban J connectivity index is 1.78. The smallest absolute Gasteiger partial charge is 0.242 e. The van der Waals surface area contributed by atoms with E-state index in [0.717, 1.165) is 16.6 Å². The number of nitrogens with two attached hydrogens (primary N) is 1. The summed E-state index contributed by atoms with van der Waals surface area (Å²) in [5.41, 5.74) is 7.42. The minimum absolute atomic E-state index is 0.0843. The highest BCUT2D eigenvalue weighted by atomic mass is 16.2. The van der Waals surface area contributed by atoms with Crippen molar-refractivity contribution in [2.45, 2.75) is 26.4 Å². The molecule has 25 heavy (non-hydrogen) atoms. The minimum atomic E-state index is -0.766. The summed E-state index contributed by atoms with van der Waals surface area (Å²) in [6, 6.07) is 9.18. The fourth-order valence-electron chi connectivity index (χ4n) is 3.42. The number of nitrogens with zero attached hydrogens (tertiary/aromatic N) is 3. The molecule has 0 radical (unpaired) electrons. The summed E-state index contributed by atoms with van der Waals surface area (Å²) in [6.45, 7) is 4.44. The molecular weight excluding hydrogens is 320 g/mol. The Kier molecular flexibility index (Phi) is 4.48. The molecule has 0 spiro atoms. The molecule has 1 aromatic heterocycles. The standard InChI is InChI=1S/C18H22N4O3/c1-12-9-14-5-3-4-6-15(14)22(12)11-17(24)20-7-8-21(13(2)23)16(10-20)18(19)25/h3-6,9,16H,7-8,10-11H2,1-2H3,(H2,19,25). The Hall–Kier alpha value is -2.83. The van der Waals surface area contributed by atoms with Gasteiger partial charge in [0.2, 0.25) is 17.7 Å². The lowest BCUT2D eigenvalue weighted by Gasteiger charge is -2.39. The molecular formula is C18H22N4O3. The van der Waals surface area contributed by atoms with Crippen molar-refractivity contribution in [3.63, 3.8) is 0 Å². The van der Waals surface area contributed by atoms with Gasteiger partial charge in [-0.25, -0.2) is 0 Å². The number of hydrogen-bond acceptors (Lipinski definition) is 3. The quantitative estimate of drug-likeness (QED) is 0.881. The Labute approximate surface area is 146 Å². The van der Waals surface area contributed by atoms with Gasteiger partial charge >= 0.3 is 0 Å². The van der Waals surface area contributed by atoms with Gasteiger partial charge in [0.25, 0.3) is 0 Å². The fourth-order valence-corrected chi connectivity index (χ4v) is 3.42. The summed E-state index contributed by atoms with van der Waals surface area (Å²) in [7, 11) is 0. The zero-order chi connectivity index (χ0) is 18.1. The Morgan fingerprint density at radius 3 is 2.60 bits per heavy atom. The van der Waals surface area contributed by atoms with Crippen LogP contribution in [0.4, 0.5) is 0 Å². The second-order valence-electron chi connectivity index (χ2n) is 6.40. The van der Waals surface area contributed by atoms with Crippen molar-refractivity contribution in [2.24, 2.45) is 5.73 Å². The van der Waals surface area contributed by atoms with Crippen LogP contribution in [0.2, 0.25) is 0 Å². The third-order valence-corrected chi connectivity index (χ3v) is 4.78. The summed E-state index contributed by atoms with van der Waals surface area (Å²) in [5.74, 6) is -0.877. The first-order valence-electron chi connectivity index (χ1n) is 8.27. The predicted octanol–water partition coefficient (Wildman–Crippen LogP) is 0.494. The number of benzene rings is 1. The molecule has 1 saturated heterocycles. The predicted molar refractivity (Wildman–Crippen MR) is 93.6 cm³/mol. The molecule has 1 atom stereocenters. The molecule has 1 fully saturated rings. The molecule has 2 heterocycles. The van der Waals surface area contributed by atoms with Crippen LogP contribution in [0.5, 0.6) is 0 Å². The SMILES string of the molecule is CC(=O)N1CCN(C(=O)Cn2c(C)cc3ccccc32)CC1C(N)=O. The van der Waals surface area contributed by atoms with Gasteiger partial charge in [-0.2, -0.15) is 0 Å². The van der Waals surface area contributed by atoms with Crippen molar-refractivity contribution >= 4 is 28.6 Å². The number of aryl methyl sites for hydroxylation is 1. The number of para-hydroxylation sites is 1. The van der Waals surface area contributed by atoms with E-state index < -0.39 is 11.9 Å². The molecule has 7 heteroatoms. The largest absolute Gasteiger partial charge is 0.368 e. The Bertz CT molecular complexity index is 842. The Morgan fingerprint density at radius 1 is 1.20 bits per heavy atom. The molecule has 2 aromatic rings. The number of fused-ring (bicyclic) bond motifs is 1. The summed E-state index contributed by atoms with van der Waals surface area (Å²) < 4.78 is 1.97. The number of hydrogen-bond donors (Lipinski definition) is 1. The zero-order valence-electron chi connectivity index (χ0n) is 14.4. The molecule has 1 aliphatic heterocycles. The lowest BCUT2D eigenvalue weighted by atomic mass is 10.1. The van der Waals surface area contributed by atoms with Crippen LogP contribution in [-0.2, 0) is 20.9 Å². The maximum absolute atomic E-state index is 12.8. The van der Waals surface area contributed by atoms with Gasteiger partial charge in [0.05, 0.1) is 6.54 Å². The maximum atomic E-state index is 12.8. The van der Waals surface area contributed by atoms with Crippen LogP contribution in [-0.4, -0.2) is 57.8 Å². The van der Waals surface area contributed by atoms with Crippen molar-refractivity contribution < 1.29 is 14.4 Å². The number of amides is 3. The van der Waals surface area contributed by atoms with Crippen molar-refractivity contribution in [3.05, 3.63) is 36.0 Å². The second kappa shape index (κ2) is 6.58. The average molecular weight is 342 g/mol. The van der Waals surface area contributed by atoms with Crippen LogP contribution in [0.25, 0.3) is 10.9 Å². The van der Waals surface area contributed by atoms with Gasteiger partial charge in [0.1, 0.15) is 12.6 Å². The molecule has 0 saturated carbocycles. The number of carbonyl (C=O) groups is 3. The van der Waals surface area contributed by atoms with Gasteiger partial charge in [0.15, 0.2) is 0 Å². The molecule has 2 N–H and O–H groups in total. The van der Waals surface area contributed by atoms with Crippen molar-refractivity contribution in [2.75, 3.05) is 19.6 Å². The molecule has 1 aliphatic rings. The number of carbonyl (C=O) groups excluding carboxylic acids is 3. The van der Waals surface area contributed by atoms with E-state index in [1.807, 2.05) is 41.8 Å². The zero-order valence-corrected chi connectivity index (χ0v) is 14.4. The van der Waals surface area contributed by atoms with E-state index in [4.69, 9.17) is 5.73 Å². The average Bonchev–Trinajstić information content (AvgIpc) is 2.89. The first-order chi connectivity index (χ1) is 11.9. The van der Waals surface area contributed by atoms with E-state index in [1.165, 1.54) is 11.8 Å². The van der Waals surface area contributed by atoms with Crippen molar-refractivity contribution in [1.82, 2.24) is 14.4 Å². The maximum Gasteiger partial charge on any atom is 0.242 e. The van der Waals surface area contributed by atoms with E-state index in [-0.39, 0.29) is 24.9 Å². The lowest BCUT2D eigenvalue weighted by molar-refractivity contribution is -0.146. The van der Waals surface area contributed by atoms with Crippen LogP contribution < -0.4 is 5.73 Å². The first-order valence-corrected chi connectivity index (χ1v) is 8.27. The minimum Gasteiger partial charge on any atom is -0.368 e. The summed E-state index contributed by atoms with van der Waals surface area (Å²) in [4.78, 5) is 39.1. The van der Waals surface area contributed by atoms with Gasteiger partial charge in [-0.15, -0.1) is 0 Å². The third kappa shape index (κ3) is 3.22. The van der Waals surface area contributed by atoms with Crippen LogP contribution in [0, 0.1) is 6.92 Å². The van der Waals surface area contributed by atoms with Gasteiger partial charge in [-0.05, 0) is 24.4 Å². The molecule has 1 aromatic carbocycles. The monoisotopic (exact) mass is 342 g/mol. The van der Waals surface area contributed by atoms with Gasteiger partial charge in [-0.1, -0.05) is 18.2 Å². The second-order valence-corrected chi connectivity index (χ2v) is 6.40. The number of rotatable bonds is 3. The van der Waals surface area contributed by atoms with E-state index >= 15 is 0 Å². The molecule has 0 bridgehead atoms. The number of primary amides is 1. The van der Waals surface area contributed by atoms with E-state index in [2.05, 4.69) is 0 Å². The van der Waals surface area contributed by atoms with Gasteiger partial charge < -0.3 is 20.1 Å². The van der Waals surface area contributed by atoms with Crippen molar-refractivity contribution in [1.29, 1.82) is 0 Å². The summed E-state index contributed by atoms with van der Waals surface area (Å²) in [5, 5.41) is 1.09. The topological polar surface area (TPSA) is 88.6 Å². The number of piperazine rings is 1. The number of aromatic nitrogens is 1. The molecule has 0 aliphatic carbocycles. The fraction of sp³-hybridized carbons (Fsp3) is 0.389. The third-order valence-electron chi connectivity index (χ3n) is 4.78. The van der Waals surface area contributed by atoms with Gasteiger partial charge in [-0.3, -0.25) is 14.4 Å². The summed E-state index contributed by atoms with van der Waals surface area (Å²) in [6.07, 6.45) is 0. The Morgan fingerprint density at radius 2 is 1.92 bits per heavy atom. The van der Waals surface area contributed by atoms with Crippen molar-refractivity contribution in [3.8, 4) is 0 Å². The highest BCUT2D eigenvalue weighted by molar-refractivity contribution is 5.88. The molecule has 3 amide bonds. The normalized spacial score (nSPS) is 17.8. The van der Waals surface area contributed by atoms with E-state index in [0.29, 0.717) is 13.1 Å². The van der Waals surface area contributed by atoms with Crippen LogP contribution in [0.3, 0.4) is 0 Å². The van der Waals surface area contributed by atoms with E-state index in [9.17, 15) is 14.4 Å². The lowest BCUT2D eigenvalue weighted by Crippen LogP contribution is -2.60. The molecule has 132 valence electrons. The molecule has 7 nitrogen and oxygen atoms in total. The van der Waals surface area contributed by atoms with Gasteiger partial charge in [0, 0.05) is 31.2 Å². The highest BCUT2D eigenvalue weighted by Crippen LogP contribution is 2.20. The van der Waals surface area contributed by atoms with E-state index in [1.54, 1.807) is 4.90 Å². The first kappa shape index (κ1) is 17.0. The van der Waals surface area contributed by atoms with Crippen LogP contribution in [0.1, 0.15) is 12.6 Å².